The Balaban J connectivity index is 2.06. The molecule has 1 aliphatic carbocycles. The van der Waals surface area contributed by atoms with Gasteiger partial charge in [0, 0.05) is 23.4 Å². The highest BCUT2D eigenvalue weighted by Gasteiger charge is 2.20. The molecule has 0 atom stereocenters. The number of hydrogen-bond acceptors (Lipinski definition) is 4. The molecule has 1 heterocycles. The van der Waals surface area contributed by atoms with Crippen molar-refractivity contribution in [1.82, 2.24) is 0 Å². The normalized spacial score (nSPS) is 16.0. The molecule has 0 aliphatic heterocycles. The van der Waals surface area contributed by atoms with E-state index < -0.39 is 5.97 Å². The molecule has 1 aromatic carbocycles. The molecule has 1 saturated carbocycles. The van der Waals surface area contributed by atoms with E-state index in [-0.39, 0.29) is 5.56 Å². The van der Waals surface area contributed by atoms with Crippen LogP contribution in [0, 0.1) is 6.92 Å². The first kappa shape index (κ1) is 13.4. The summed E-state index contributed by atoms with van der Waals surface area (Å²) < 4.78 is 5.47. The molecule has 1 aliphatic rings. The predicted octanol–water partition coefficient (Wildman–Crippen LogP) is 2.97. The number of allylic oxidation sites excluding steroid dienone is 1. The Hall–Kier alpha value is -2.56. The molecule has 0 saturated heterocycles. The molecule has 1 aromatic heterocycles. The van der Waals surface area contributed by atoms with Gasteiger partial charge in [0.2, 0.25) is 0 Å². The van der Waals surface area contributed by atoms with Crippen molar-refractivity contribution in [2.24, 2.45) is 10.7 Å². The molecule has 5 heteroatoms. The number of nitrogens with two attached hydrogens (primary N) is 1. The molecule has 21 heavy (non-hydrogen) atoms. The van der Waals surface area contributed by atoms with E-state index in [1.165, 1.54) is 6.20 Å². The second kappa shape index (κ2) is 5.09. The Morgan fingerprint density at radius 1 is 1.48 bits per heavy atom. The molecule has 5 nitrogen and oxygen atoms in total. The lowest BCUT2D eigenvalue weighted by atomic mass is 10.0. The Labute approximate surface area is 121 Å². The van der Waals surface area contributed by atoms with Crippen molar-refractivity contribution in [1.29, 1.82) is 0 Å². The molecule has 2 aromatic rings. The SMILES string of the molecule is Cc1oc2ccc(/C(C=NC3CC3)=C/N)cc2c1C(=O)O. The number of fused-ring (bicyclic) bond motifs is 1. The number of benzene rings is 1. The number of carbonyl (C=O) groups is 1. The van der Waals surface area contributed by atoms with E-state index in [0.717, 1.165) is 24.0 Å². The maximum Gasteiger partial charge on any atom is 0.339 e. The quantitative estimate of drug-likeness (QED) is 0.845. The van der Waals surface area contributed by atoms with Crippen LogP contribution in [0.4, 0.5) is 0 Å². The van der Waals surface area contributed by atoms with Gasteiger partial charge in [0.25, 0.3) is 0 Å². The van der Waals surface area contributed by atoms with Gasteiger partial charge in [-0.3, -0.25) is 4.99 Å². The lowest BCUT2D eigenvalue weighted by Crippen LogP contribution is -1.97. The minimum Gasteiger partial charge on any atom is -0.478 e. The van der Waals surface area contributed by atoms with Gasteiger partial charge < -0.3 is 15.3 Å². The fourth-order valence-corrected chi connectivity index (χ4v) is 2.29. The van der Waals surface area contributed by atoms with Crippen LogP contribution in [0.2, 0.25) is 0 Å². The molecule has 0 unspecified atom stereocenters. The standard InChI is InChI=1S/C16H16N2O3/c1-9-15(16(19)20)13-6-10(2-5-14(13)21-9)11(7-17)8-18-12-3-4-12/h2,5-8,12H,3-4,17H2,1H3,(H,19,20)/b11-7+,18-8?. The summed E-state index contributed by atoms with van der Waals surface area (Å²) in [4.78, 5) is 15.8. The zero-order valence-corrected chi connectivity index (χ0v) is 11.7. The molecule has 0 spiro atoms. The number of rotatable bonds is 4. The molecule has 108 valence electrons. The van der Waals surface area contributed by atoms with E-state index in [1.54, 1.807) is 25.3 Å². The summed E-state index contributed by atoms with van der Waals surface area (Å²) in [6.45, 7) is 1.65. The van der Waals surface area contributed by atoms with Gasteiger partial charge in [-0.05, 0) is 37.5 Å². The van der Waals surface area contributed by atoms with E-state index in [9.17, 15) is 9.90 Å². The summed E-state index contributed by atoms with van der Waals surface area (Å²) in [7, 11) is 0. The van der Waals surface area contributed by atoms with Crippen molar-refractivity contribution in [2.75, 3.05) is 0 Å². The van der Waals surface area contributed by atoms with Gasteiger partial charge in [-0.2, -0.15) is 0 Å². The van der Waals surface area contributed by atoms with Gasteiger partial charge in [0.1, 0.15) is 16.9 Å². The summed E-state index contributed by atoms with van der Waals surface area (Å²) in [5.41, 5.74) is 8.03. The maximum absolute atomic E-state index is 11.3. The number of aliphatic imine (C=N–C) groups is 1. The number of carboxylic acid groups (broad SMARTS) is 1. The van der Waals surface area contributed by atoms with Crippen molar-refractivity contribution < 1.29 is 14.3 Å². The summed E-state index contributed by atoms with van der Waals surface area (Å²) in [6.07, 6.45) is 5.49. The average molecular weight is 284 g/mol. The molecular weight excluding hydrogens is 268 g/mol. The van der Waals surface area contributed by atoms with E-state index in [1.807, 2.05) is 6.07 Å². The topological polar surface area (TPSA) is 88.8 Å². The molecule has 0 bridgehead atoms. The zero-order valence-electron chi connectivity index (χ0n) is 11.7. The molecule has 0 amide bonds. The molecule has 3 N–H and O–H groups in total. The molecule has 0 radical (unpaired) electrons. The monoisotopic (exact) mass is 284 g/mol. The molecule has 3 rings (SSSR count). The van der Waals surface area contributed by atoms with Gasteiger partial charge in [0.15, 0.2) is 0 Å². The van der Waals surface area contributed by atoms with Crippen molar-refractivity contribution in [2.45, 2.75) is 25.8 Å². The lowest BCUT2D eigenvalue weighted by Gasteiger charge is -2.02. The highest BCUT2D eigenvalue weighted by molar-refractivity contribution is 6.12. The fraction of sp³-hybridized carbons (Fsp3) is 0.250. The third-order valence-electron chi connectivity index (χ3n) is 3.56. The van der Waals surface area contributed by atoms with Crippen LogP contribution in [0.3, 0.4) is 0 Å². The number of nitrogens with zero attached hydrogens (tertiary/aromatic N) is 1. The van der Waals surface area contributed by atoms with Gasteiger partial charge >= 0.3 is 5.97 Å². The third kappa shape index (κ3) is 2.54. The van der Waals surface area contributed by atoms with Crippen molar-refractivity contribution >= 4 is 28.7 Å². The Morgan fingerprint density at radius 3 is 2.86 bits per heavy atom. The lowest BCUT2D eigenvalue weighted by molar-refractivity contribution is 0.0697. The summed E-state index contributed by atoms with van der Waals surface area (Å²) in [5, 5.41) is 9.88. The van der Waals surface area contributed by atoms with Crippen LogP contribution in [0.15, 0.2) is 33.8 Å². The van der Waals surface area contributed by atoms with Gasteiger partial charge in [-0.25, -0.2) is 4.79 Å². The number of aryl methyl sites for hydroxylation is 1. The average Bonchev–Trinajstić information content (AvgIpc) is 3.20. The van der Waals surface area contributed by atoms with E-state index >= 15 is 0 Å². The first-order valence-corrected chi connectivity index (χ1v) is 6.82. The summed E-state index contributed by atoms with van der Waals surface area (Å²) in [6, 6.07) is 5.81. The minimum absolute atomic E-state index is 0.197. The van der Waals surface area contributed by atoms with Gasteiger partial charge in [-0.1, -0.05) is 6.07 Å². The number of carboxylic acids is 1. The highest BCUT2D eigenvalue weighted by atomic mass is 16.4. The second-order valence-corrected chi connectivity index (χ2v) is 5.18. The number of furan rings is 1. The van der Waals surface area contributed by atoms with Crippen LogP contribution in [0.1, 0.15) is 34.5 Å². The van der Waals surface area contributed by atoms with E-state index in [2.05, 4.69) is 4.99 Å². The van der Waals surface area contributed by atoms with Crippen LogP contribution in [0.25, 0.3) is 16.5 Å². The smallest absolute Gasteiger partial charge is 0.339 e. The van der Waals surface area contributed by atoms with E-state index in [4.69, 9.17) is 10.2 Å². The minimum atomic E-state index is -0.992. The van der Waals surface area contributed by atoms with Crippen LogP contribution in [-0.2, 0) is 0 Å². The Bertz CT molecular complexity index is 767. The number of aromatic carboxylic acids is 1. The summed E-state index contributed by atoms with van der Waals surface area (Å²) in [5.74, 6) is -0.590. The first-order valence-electron chi connectivity index (χ1n) is 6.82. The Morgan fingerprint density at radius 2 is 2.24 bits per heavy atom. The van der Waals surface area contributed by atoms with Crippen molar-refractivity contribution in [3.8, 4) is 0 Å². The molecule has 1 fully saturated rings. The van der Waals surface area contributed by atoms with Crippen LogP contribution in [-0.4, -0.2) is 23.3 Å². The summed E-state index contributed by atoms with van der Waals surface area (Å²) >= 11 is 0. The zero-order chi connectivity index (χ0) is 15.0. The van der Waals surface area contributed by atoms with E-state index in [0.29, 0.717) is 22.8 Å². The largest absolute Gasteiger partial charge is 0.478 e. The van der Waals surface area contributed by atoms with Crippen molar-refractivity contribution in [3.05, 3.63) is 41.3 Å². The van der Waals surface area contributed by atoms with Crippen LogP contribution < -0.4 is 5.73 Å². The fourth-order valence-electron chi connectivity index (χ4n) is 2.29. The van der Waals surface area contributed by atoms with Gasteiger partial charge in [-0.15, -0.1) is 0 Å². The first-order chi connectivity index (χ1) is 10.1. The molecular formula is C16H16N2O3. The number of hydrogen-bond donors (Lipinski definition) is 2. The van der Waals surface area contributed by atoms with Crippen LogP contribution >= 0.6 is 0 Å². The van der Waals surface area contributed by atoms with Gasteiger partial charge in [0.05, 0.1) is 6.04 Å². The third-order valence-corrected chi connectivity index (χ3v) is 3.56. The Kier molecular flexibility index (Phi) is 3.25. The predicted molar refractivity (Wildman–Crippen MR) is 81.6 cm³/mol. The van der Waals surface area contributed by atoms with Crippen molar-refractivity contribution in [3.63, 3.8) is 0 Å². The second-order valence-electron chi connectivity index (χ2n) is 5.18. The maximum atomic E-state index is 11.3. The van der Waals surface area contributed by atoms with Crippen LogP contribution in [0.5, 0.6) is 0 Å². The highest BCUT2D eigenvalue weighted by Crippen LogP contribution is 2.29.